The van der Waals surface area contributed by atoms with Crippen LogP contribution in [0.2, 0.25) is 0 Å². The number of hydrogen-bond donors (Lipinski definition) is 2. The van der Waals surface area contributed by atoms with Gasteiger partial charge in [0.25, 0.3) is 0 Å². The molecule has 1 aliphatic carbocycles. The van der Waals surface area contributed by atoms with Crippen LogP contribution in [0.1, 0.15) is 52.4 Å². The molecule has 0 saturated heterocycles. The van der Waals surface area contributed by atoms with Crippen molar-refractivity contribution in [2.45, 2.75) is 58.4 Å². The van der Waals surface area contributed by atoms with Crippen molar-refractivity contribution >= 4 is 35.8 Å². The summed E-state index contributed by atoms with van der Waals surface area (Å²) in [6, 6.07) is 0.455. The van der Waals surface area contributed by atoms with Crippen molar-refractivity contribution in [3.8, 4) is 0 Å². The van der Waals surface area contributed by atoms with Gasteiger partial charge in [-0.2, -0.15) is 0 Å². The molecular formula is C18H37IN4O2. The quantitative estimate of drug-likeness (QED) is 0.236. The number of amides is 1. The standard InChI is InChI=1S/C18H36N4O2.HI/c1-5-15-9-7-10-16(13-15)21-18(19-11-8-12-24-6-2)20-14-17(23)22(3)4;/h15-16H,5-14H2,1-4H3,(H2,19,20,21);1H. The smallest absolute Gasteiger partial charge is 0.243 e. The van der Waals surface area contributed by atoms with Gasteiger partial charge >= 0.3 is 0 Å². The molecule has 148 valence electrons. The summed E-state index contributed by atoms with van der Waals surface area (Å²) in [5.74, 6) is 1.57. The minimum absolute atomic E-state index is 0. The van der Waals surface area contributed by atoms with Crippen molar-refractivity contribution in [2.75, 3.05) is 40.4 Å². The highest BCUT2D eigenvalue weighted by Crippen LogP contribution is 2.26. The first-order valence-corrected chi connectivity index (χ1v) is 9.39. The maximum atomic E-state index is 11.8. The normalized spacial score (nSPS) is 20.6. The van der Waals surface area contributed by atoms with E-state index in [1.807, 2.05) is 6.92 Å². The Morgan fingerprint density at radius 2 is 2.04 bits per heavy atom. The van der Waals surface area contributed by atoms with Crippen molar-refractivity contribution in [3.63, 3.8) is 0 Å². The average molecular weight is 468 g/mol. The van der Waals surface area contributed by atoms with Gasteiger partial charge in [0.2, 0.25) is 5.91 Å². The maximum Gasteiger partial charge on any atom is 0.243 e. The second-order valence-corrected chi connectivity index (χ2v) is 6.71. The first-order valence-electron chi connectivity index (χ1n) is 9.39. The topological polar surface area (TPSA) is 66.0 Å². The van der Waals surface area contributed by atoms with Crippen molar-refractivity contribution in [1.29, 1.82) is 0 Å². The third-order valence-electron chi connectivity index (χ3n) is 4.53. The van der Waals surface area contributed by atoms with Gasteiger partial charge in [-0.3, -0.25) is 4.79 Å². The molecule has 7 heteroatoms. The minimum atomic E-state index is 0. The average Bonchev–Trinajstić information content (AvgIpc) is 2.58. The van der Waals surface area contributed by atoms with E-state index >= 15 is 0 Å². The lowest BCUT2D eigenvalue weighted by molar-refractivity contribution is -0.127. The third kappa shape index (κ3) is 10.9. The second kappa shape index (κ2) is 14.6. The number of carbonyl (C=O) groups excluding carboxylic acids is 1. The molecule has 0 aromatic rings. The van der Waals surface area contributed by atoms with Crippen LogP contribution in [0.4, 0.5) is 0 Å². The van der Waals surface area contributed by atoms with E-state index in [0.29, 0.717) is 6.04 Å². The molecule has 1 aliphatic rings. The number of guanidine groups is 1. The molecule has 6 nitrogen and oxygen atoms in total. The Hall–Kier alpha value is -0.570. The van der Waals surface area contributed by atoms with E-state index in [4.69, 9.17) is 4.74 Å². The van der Waals surface area contributed by atoms with Crippen LogP contribution in [0.3, 0.4) is 0 Å². The summed E-state index contributed by atoms with van der Waals surface area (Å²) in [5, 5.41) is 6.87. The van der Waals surface area contributed by atoms with Gasteiger partial charge in [-0.05, 0) is 32.1 Å². The van der Waals surface area contributed by atoms with Crippen molar-refractivity contribution in [2.24, 2.45) is 10.9 Å². The molecule has 25 heavy (non-hydrogen) atoms. The molecule has 2 N–H and O–H groups in total. The lowest BCUT2D eigenvalue weighted by atomic mass is 9.84. The zero-order valence-corrected chi connectivity index (χ0v) is 18.7. The Morgan fingerprint density at radius 1 is 1.28 bits per heavy atom. The van der Waals surface area contributed by atoms with Crippen LogP contribution in [-0.2, 0) is 9.53 Å². The number of carbonyl (C=O) groups is 1. The van der Waals surface area contributed by atoms with Crippen LogP contribution in [0, 0.1) is 5.92 Å². The molecule has 2 atom stereocenters. The molecule has 1 fully saturated rings. The maximum absolute atomic E-state index is 11.8. The van der Waals surface area contributed by atoms with Gasteiger partial charge in [-0.25, -0.2) is 4.99 Å². The molecule has 1 amide bonds. The highest BCUT2D eigenvalue weighted by Gasteiger charge is 2.21. The van der Waals surface area contributed by atoms with Crippen LogP contribution in [-0.4, -0.2) is 63.2 Å². The van der Waals surface area contributed by atoms with E-state index in [9.17, 15) is 4.79 Å². The number of halogens is 1. The number of rotatable bonds is 9. The summed E-state index contributed by atoms with van der Waals surface area (Å²) in [4.78, 5) is 17.8. The fourth-order valence-corrected chi connectivity index (χ4v) is 2.95. The van der Waals surface area contributed by atoms with Crippen LogP contribution in [0.15, 0.2) is 4.99 Å². The first-order chi connectivity index (χ1) is 11.6. The fraction of sp³-hybridized carbons (Fsp3) is 0.889. The van der Waals surface area contributed by atoms with Gasteiger partial charge in [0.05, 0.1) is 0 Å². The molecule has 0 bridgehead atoms. The summed E-state index contributed by atoms with van der Waals surface area (Å²) < 4.78 is 5.36. The molecule has 1 rings (SSSR count). The van der Waals surface area contributed by atoms with E-state index in [0.717, 1.165) is 38.1 Å². The largest absolute Gasteiger partial charge is 0.382 e. The molecule has 0 heterocycles. The number of ether oxygens (including phenoxy) is 1. The number of nitrogens with zero attached hydrogens (tertiary/aromatic N) is 2. The predicted octanol–water partition coefficient (Wildman–Crippen LogP) is 2.62. The van der Waals surface area contributed by atoms with Crippen LogP contribution in [0.5, 0.6) is 0 Å². The van der Waals surface area contributed by atoms with Gasteiger partial charge in [0.1, 0.15) is 6.54 Å². The van der Waals surface area contributed by atoms with E-state index in [1.165, 1.54) is 32.1 Å². The van der Waals surface area contributed by atoms with Crippen molar-refractivity contribution in [3.05, 3.63) is 0 Å². The van der Waals surface area contributed by atoms with Gasteiger partial charge in [-0.15, -0.1) is 24.0 Å². The van der Waals surface area contributed by atoms with Crippen molar-refractivity contribution < 1.29 is 9.53 Å². The second-order valence-electron chi connectivity index (χ2n) is 6.71. The van der Waals surface area contributed by atoms with Crippen LogP contribution >= 0.6 is 24.0 Å². The molecule has 1 saturated carbocycles. The van der Waals surface area contributed by atoms with Gasteiger partial charge in [0.15, 0.2) is 5.96 Å². The lowest BCUT2D eigenvalue weighted by Gasteiger charge is -2.30. The monoisotopic (exact) mass is 468 g/mol. The minimum Gasteiger partial charge on any atom is -0.382 e. The Kier molecular flexibility index (Phi) is 14.3. The van der Waals surface area contributed by atoms with Crippen LogP contribution < -0.4 is 10.6 Å². The zero-order valence-electron chi connectivity index (χ0n) is 16.3. The van der Waals surface area contributed by atoms with Gasteiger partial charge < -0.3 is 20.3 Å². The summed E-state index contributed by atoms with van der Waals surface area (Å²) in [5.41, 5.74) is 0. The van der Waals surface area contributed by atoms with E-state index < -0.39 is 0 Å². The Labute approximate surface area is 170 Å². The Balaban J connectivity index is 0.00000576. The van der Waals surface area contributed by atoms with E-state index in [2.05, 4.69) is 22.5 Å². The van der Waals surface area contributed by atoms with E-state index in [1.54, 1.807) is 19.0 Å². The highest BCUT2D eigenvalue weighted by molar-refractivity contribution is 14.0. The Morgan fingerprint density at radius 3 is 2.68 bits per heavy atom. The molecule has 0 radical (unpaired) electrons. The number of aliphatic imine (C=N–C) groups is 1. The molecule has 0 aliphatic heterocycles. The van der Waals surface area contributed by atoms with Crippen LogP contribution in [0.25, 0.3) is 0 Å². The molecule has 0 aromatic carbocycles. The first kappa shape index (κ1) is 24.4. The summed E-state index contributed by atoms with van der Waals surface area (Å²) in [6.07, 6.45) is 7.14. The summed E-state index contributed by atoms with van der Waals surface area (Å²) in [7, 11) is 3.51. The van der Waals surface area contributed by atoms with Gasteiger partial charge in [0, 0.05) is 39.9 Å². The molecular weight excluding hydrogens is 431 g/mol. The highest BCUT2D eigenvalue weighted by atomic mass is 127. The third-order valence-corrected chi connectivity index (χ3v) is 4.53. The summed E-state index contributed by atoms with van der Waals surface area (Å²) >= 11 is 0. The number of likely N-dealkylation sites (N-methyl/N-ethyl adjacent to an activating group) is 1. The fourth-order valence-electron chi connectivity index (χ4n) is 2.95. The van der Waals surface area contributed by atoms with Crippen molar-refractivity contribution in [1.82, 2.24) is 15.5 Å². The molecule has 2 unspecified atom stereocenters. The van der Waals surface area contributed by atoms with Gasteiger partial charge in [-0.1, -0.05) is 26.2 Å². The number of hydrogen-bond acceptors (Lipinski definition) is 3. The molecule has 0 spiro atoms. The Bertz CT molecular complexity index is 391. The lowest BCUT2D eigenvalue weighted by Crippen LogP contribution is -2.46. The number of nitrogens with one attached hydrogen (secondary N) is 2. The summed E-state index contributed by atoms with van der Waals surface area (Å²) in [6.45, 7) is 6.74. The predicted molar refractivity (Wildman–Crippen MR) is 115 cm³/mol. The SMILES string of the molecule is CCOCCCNC(=NCC(=O)N(C)C)NC1CCCC(CC)C1.I. The zero-order chi connectivity index (χ0) is 17.8. The molecule has 0 aromatic heterocycles. The van der Waals surface area contributed by atoms with E-state index in [-0.39, 0.29) is 36.4 Å².